The molecule has 0 bridgehead atoms. The number of carbonyl (C=O) groups excluding carboxylic acids is 2. The lowest BCUT2D eigenvalue weighted by Gasteiger charge is -2.09. The van der Waals surface area contributed by atoms with Gasteiger partial charge in [-0.2, -0.15) is 0 Å². The molecule has 1 aliphatic heterocycles. The summed E-state index contributed by atoms with van der Waals surface area (Å²) in [5, 5.41) is 17.9. The van der Waals surface area contributed by atoms with E-state index in [0.29, 0.717) is 0 Å². The Balaban J connectivity index is 2.70. The van der Waals surface area contributed by atoms with E-state index in [1.165, 1.54) is 0 Å². The number of carbonyl (C=O) groups is 2. The number of rotatable bonds is 1. The molecule has 0 unspecified atom stereocenters. The first-order chi connectivity index (χ1) is 5.57. The third kappa shape index (κ3) is 1.26. The Labute approximate surface area is 67.7 Å². The van der Waals surface area contributed by atoms with Gasteiger partial charge in [0.2, 0.25) is 6.10 Å². The van der Waals surface area contributed by atoms with Crippen molar-refractivity contribution in [2.45, 2.75) is 18.3 Å². The number of aliphatic hydroxyl groups is 2. The van der Waals surface area contributed by atoms with Crippen molar-refractivity contribution in [1.82, 2.24) is 0 Å². The van der Waals surface area contributed by atoms with Crippen molar-refractivity contribution < 1.29 is 29.3 Å². The summed E-state index contributed by atoms with van der Waals surface area (Å²) in [6, 6.07) is 0. The van der Waals surface area contributed by atoms with Crippen molar-refractivity contribution in [2.75, 3.05) is 7.11 Å². The zero-order chi connectivity index (χ0) is 9.30. The fraction of sp³-hybridized carbons (Fsp3) is 0.667. The lowest BCUT2D eigenvalue weighted by atomic mass is 10.1. The summed E-state index contributed by atoms with van der Waals surface area (Å²) in [5.41, 5.74) is 0. The van der Waals surface area contributed by atoms with E-state index in [2.05, 4.69) is 9.47 Å². The van der Waals surface area contributed by atoms with Crippen LogP contribution >= 0.6 is 0 Å². The third-order valence-electron chi connectivity index (χ3n) is 1.55. The molecule has 2 N–H and O–H groups in total. The van der Waals surface area contributed by atoms with Crippen molar-refractivity contribution in [1.29, 1.82) is 0 Å². The third-order valence-corrected chi connectivity index (χ3v) is 1.55. The van der Waals surface area contributed by atoms with Gasteiger partial charge in [-0.3, -0.25) is 0 Å². The van der Waals surface area contributed by atoms with Gasteiger partial charge in [-0.1, -0.05) is 0 Å². The van der Waals surface area contributed by atoms with Crippen molar-refractivity contribution in [3.63, 3.8) is 0 Å². The second-order valence-corrected chi connectivity index (χ2v) is 2.32. The molecule has 1 heterocycles. The van der Waals surface area contributed by atoms with Gasteiger partial charge in [-0.25, -0.2) is 9.59 Å². The number of esters is 2. The molecule has 12 heavy (non-hydrogen) atoms. The van der Waals surface area contributed by atoms with E-state index in [9.17, 15) is 9.59 Å². The number of ether oxygens (including phenoxy) is 2. The van der Waals surface area contributed by atoms with Crippen LogP contribution in [-0.2, 0) is 19.1 Å². The maximum absolute atomic E-state index is 10.7. The lowest BCUT2D eigenvalue weighted by Crippen LogP contribution is -2.36. The minimum atomic E-state index is -1.66. The molecule has 68 valence electrons. The zero-order valence-electron chi connectivity index (χ0n) is 6.26. The molecule has 1 rings (SSSR count). The standard InChI is InChI=1S/C6H8O6/c1-11-6(10)4-2(7)3(8)5(9)12-4/h2-4,7-8H,1H3/t2-,3-,4+/m1/s1. The summed E-state index contributed by atoms with van der Waals surface area (Å²) in [4.78, 5) is 21.3. The van der Waals surface area contributed by atoms with E-state index in [4.69, 9.17) is 10.2 Å². The molecule has 0 aliphatic carbocycles. The molecule has 0 radical (unpaired) electrons. The molecule has 3 atom stereocenters. The monoisotopic (exact) mass is 176 g/mol. The molecule has 6 heteroatoms. The van der Waals surface area contributed by atoms with Gasteiger partial charge in [0.15, 0.2) is 6.10 Å². The van der Waals surface area contributed by atoms with Crippen LogP contribution in [0.3, 0.4) is 0 Å². The van der Waals surface area contributed by atoms with Gasteiger partial charge in [0.05, 0.1) is 7.11 Å². The van der Waals surface area contributed by atoms with Gasteiger partial charge < -0.3 is 19.7 Å². The summed E-state index contributed by atoms with van der Waals surface area (Å²) >= 11 is 0. The highest BCUT2D eigenvalue weighted by atomic mass is 16.6. The molecular weight excluding hydrogens is 168 g/mol. The maximum atomic E-state index is 10.7. The van der Waals surface area contributed by atoms with Crippen LogP contribution < -0.4 is 0 Å². The van der Waals surface area contributed by atoms with Gasteiger partial charge in [-0.05, 0) is 0 Å². The Hall–Kier alpha value is -1.14. The van der Waals surface area contributed by atoms with E-state index in [1.807, 2.05) is 0 Å². The molecule has 1 aliphatic rings. The molecular formula is C6H8O6. The fourth-order valence-corrected chi connectivity index (χ4v) is 0.873. The van der Waals surface area contributed by atoms with Crippen LogP contribution in [0.25, 0.3) is 0 Å². The zero-order valence-corrected chi connectivity index (χ0v) is 6.26. The Morgan fingerprint density at radius 2 is 2.17 bits per heavy atom. The van der Waals surface area contributed by atoms with Gasteiger partial charge in [0, 0.05) is 0 Å². The van der Waals surface area contributed by atoms with Crippen LogP contribution in [-0.4, -0.2) is 47.6 Å². The number of cyclic esters (lactones) is 1. The molecule has 6 nitrogen and oxygen atoms in total. The van der Waals surface area contributed by atoms with Gasteiger partial charge >= 0.3 is 11.9 Å². The SMILES string of the molecule is COC(=O)[C@H]1OC(=O)[C@H](O)[C@H]1O. The van der Waals surface area contributed by atoms with E-state index in [-0.39, 0.29) is 0 Å². The van der Waals surface area contributed by atoms with Crippen molar-refractivity contribution >= 4 is 11.9 Å². The first kappa shape index (κ1) is 8.95. The first-order valence-corrected chi connectivity index (χ1v) is 3.22. The van der Waals surface area contributed by atoms with Gasteiger partial charge in [0.1, 0.15) is 6.10 Å². The van der Waals surface area contributed by atoms with Crippen molar-refractivity contribution in [3.8, 4) is 0 Å². The molecule has 0 spiro atoms. The largest absolute Gasteiger partial charge is 0.466 e. The maximum Gasteiger partial charge on any atom is 0.350 e. The predicted octanol–water partition coefficient (Wildman–Crippen LogP) is -2.19. The average Bonchev–Trinajstić information content (AvgIpc) is 2.32. The van der Waals surface area contributed by atoms with Gasteiger partial charge in [-0.15, -0.1) is 0 Å². The first-order valence-electron chi connectivity index (χ1n) is 3.22. The Kier molecular flexibility index (Phi) is 2.30. The smallest absolute Gasteiger partial charge is 0.350 e. The van der Waals surface area contributed by atoms with Crippen LogP contribution in [0.1, 0.15) is 0 Å². The number of aliphatic hydroxyl groups excluding tert-OH is 2. The summed E-state index contributed by atoms with van der Waals surface area (Å²) in [6.45, 7) is 0. The normalized spacial score (nSPS) is 34.6. The minimum Gasteiger partial charge on any atom is -0.466 e. The van der Waals surface area contributed by atoms with Crippen LogP contribution in [0.2, 0.25) is 0 Å². The minimum absolute atomic E-state index is 0.882. The lowest BCUT2D eigenvalue weighted by molar-refractivity contribution is -0.162. The molecule has 0 amide bonds. The molecule has 0 saturated carbocycles. The second-order valence-electron chi connectivity index (χ2n) is 2.32. The number of hydrogen-bond acceptors (Lipinski definition) is 6. The predicted molar refractivity (Wildman–Crippen MR) is 33.9 cm³/mol. The fourth-order valence-electron chi connectivity index (χ4n) is 0.873. The van der Waals surface area contributed by atoms with E-state index in [1.54, 1.807) is 0 Å². The van der Waals surface area contributed by atoms with Crippen molar-refractivity contribution in [3.05, 3.63) is 0 Å². The summed E-state index contributed by atoms with van der Waals surface area (Å²) < 4.78 is 8.54. The molecule has 0 aromatic rings. The van der Waals surface area contributed by atoms with Crippen LogP contribution in [0.5, 0.6) is 0 Å². The highest BCUT2D eigenvalue weighted by Crippen LogP contribution is 2.16. The highest BCUT2D eigenvalue weighted by molar-refractivity contribution is 5.86. The molecule has 0 aromatic heterocycles. The van der Waals surface area contributed by atoms with E-state index < -0.39 is 30.3 Å². The quantitative estimate of drug-likeness (QED) is 0.441. The van der Waals surface area contributed by atoms with Crippen molar-refractivity contribution in [2.24, 2.45) is 0 Å². The second kappa shape index (κ2) is 3.08. The van der Waals surface area contributed by atoms with E-state index >= 15 is 0 Å². The average molecular weight is 176 g/mol. The highest BCUT2D eigenvalue weighted by Gasteiger charge is 2.47. The van der Waals surface area contributed by atoms with Crippen LogP contribution in [0.15, 0.2) is 0 Å². The summed E-state index contributed by atoms with van der Waals surface area (Å²) in [6.07, 6.45) is -4.60. The van der Waals surface area contributed by atoms with Gasteiger partial charge in [0.25, 0.3) is 0 Å². The topological polar surface area (TPSA) is 93.1 Å². The Morgan fingerprint density at radius 1 is 1.58 bits per heavy atom. The number of hydrogen-bond donors (Lipinski definition) is 2. The van der Waals surface area contributed by atoms with E-state index in [0.717, 1.165) is 7.11 Å². The molecule has 1 saturated heterocycles. The number of methoxy groups -OCH3 is 1. The molecule has 0 aromatic carbocycles. The van der Waals surface area contributed by atoms with Crippen LogP contribution in [0.4, 0.5) is 0 Å². The summed E-state index contributed by atoms with van der Waals surface area (Å²) in [5.74, 6) is -1.90. The Morgan fingerprint density at radius 3 is 2.50 bits per heavy atom. The molecule has 1 fully saturated rings. The Bertz CT molecular complexity index is 212. The van der Waals surface area contributed by atoms with Crippen LogP contribution in [0, 0.1) is 0 Å². The summed E-state index contributed by atoms with van der Waals surface area (Å²) in [7, 11) is 1.09.